The molecule has 0 unspecified atom stereocenters. The molecule has 1 saturated carbocycles. The molecule has 2 rings (SSSR count). The highest BCUT2D eigenvalue weighted by Crippen LogP contribution is 2.24. The van der Waals surface area contributed by atoms with Crippen molar-refractivity contribution < 1.29 is 9.59 Å². The van der Waals surface area contributed by atoms with E-state index in [0.29, 0.717) is 12.6 Å². The molecule has 6 heteroatoms. The van der Waals surface area contributed by atoms with Crippen LogP contribution >= 0.6 is 0 Å². The van der Waals surface area contributed by atoms with E-state index in [4.69, 9.17) is 0 Å². The first-order chi connectivity index (χ1) is 10.7. The molecule has 2 fully saturated rings. The van der Waals surface area contributed by atoms with Crippen LogP contribution in [0, 0.1) is 5.41 Å². The highest BCUT2D eigenvalue weighted by molar-refractivity contribution is 5.88. The van der Waals surface area contributed by atoms with Gasteiger partial charge in [-0.05, 0) is 52.1 Å². The van der Waals surface area contributed by atoms with Gasteiger partial charge in [0.05, 0.1) is 0 Å². The Morgan fingerprint density at radius 3 is 2.48 bits per heavy atom. The molecule has 2 atom stereocenters. The molecule has 23 heavy (non-hydrogen) atoms. The van der Waals surface area contributed by atoms with Crippen molar-refractivity contribution in [3.63, 3.8) is 0 Å². The zero-order chi connectivity index (χ0) is 17.2. The molecule has 2 N–H and O–H groups in total. The number of nitrogens with one attached hydrogen (secondary N) is 2. The lowest BCUT2D eigenvalue weighted by Gasteiger charge is -2.36. The molecule has 0 spiro atoms. The van der Waals surface area contributed by atoms with Crippen LogP contribution in [-0.2, 0) is 4.79 Å². The van der Waals surface area contributed by atoms with Gasteiger partial charge in [0.1, 0.15) is 6.04 Å². The molecule has 0 radical (unpaired) electrons. The Balaban J connectivity index is 1.91. The smallest absolute Gasteiger partial charge is 0.318 e. The fourth-order valence-electron chi connectivity index (χ4n) is 3.22. The van der Waals surface area contributed by atoms with E-state index in [2.05, 4.69) is 29.4 Å². The number of rotatable bonds is 6. The van der Waals surface area contributed by atoms with Crippen LogP contribution in [0.1, 0.15) is 46.5 Å². The van der Waals surface area contributed by atoms with Gasteiger partial charge < -0.3 is 20.4 Å². The molecule has 1 heterocycles. The van der Waals surface area contributed by atoms with E-state index in [1.807, 2.05) is 21.0 Å². The van der Waals surface area contributed by atoms with Crippen molar-refractivity contribution in [3.8, 4) is 0 Å². The monoisotopic (exact) mass is 324 g/mol. The zero-order valence-electron chi connectivity index (χ0n) is 15.2. The summed E-state index contributed by atoms with van der Waals surface area (Å²) < 4.78 is 0. The van der Waals surface area contributed by atoms with Gasteiger partial charge in [0.2, 0.25) is 5.91 Å². The minimum absolute atomic E-state index is 0.0142. The molecule has 2 aliphatic rings. The van der Waals surface area contributed by atoms with Crippen LogP contribution in [0.15, 0.2) is 0 Å². The fraction of sp³-hybridized carbons (Fsp3) is 0.882. The standard InChI is InChI=1S/C17H32N4O2/c1-12(17(2,3)11-20(4)5)18-16(23)21-10-6-7-14(21)15(22)19-13-8-9-13/h12-14H,6-11H2,1-5H3,(H,18,23)(H,19,22)/t12-,14-/m0/s1. The van der Waals surface area contributed by atoms with Crippen LogP contribution in [0.3, 0.4) is 0 Å². The summed E-state index contributed by atoms with van der Waals surface area (Å²) in [6.45, 7) is 7.89. The number of carbonyl (C=O) groups excluding carboxylic acids is 2. The van der Waals surface area contributed by atoms with Gasteiger partial charge in [-0.3, -0.25) is 4.79 Å². The van der Waals surface area contributed by atoms with Gasteiger partial charge in [-0.25, -0.2) is 4.79 Å². The summed E-state index contributed by atoms with van der Waals surface area (Å²) in [5.74, 6) is 0.0142. The molecule has 0 aromatic carbocycles. The number of amides is 3. The van der Waals surface area contributed by atoms with Gasteiger partial charge in [0, 0.05) is 25.2 Å². The Morgan fingerprint density at radius 2 is 1.91 bits per heavy atom. The largest absolute Gasteiger partial charge is 0.352 e. The Morgan fingerprint density at radius 1 is 1.26 bits per heavy atom. The van der Waals surface area contributed by atoms with Crippen molar-refractivity contribution in [1.82, 2.24) is 20.4 Å². The van der Waals surface area contributed by atoms with Gasteiger partial charge in [-0.1, -0.05) is 13.8 Å². The first-order valence-electron chi connectivity index (χ1n) is 8.73. The Kier molecular flexibility index (Phi) is 5.55. The molecule has 1 aliphatic heterocycles. The maximum Gasteiger partial charge on any atom is 0.318 e. The average molecular weight is 324 g/mol. The van der Waals surface area contributed by atoms with E-state index in [1.54, 1.807) is 4.90 Å². The number of carbonyl (C=O) groups is 2. The second kappa shape index (κ2) is 7.07. The molecule has 1 saturated heterocycles. The quantitative estimate of drug-likeness (QED) is 0.776. The van der Waals surface area contributed by atoms with Crippen molar-refractivity contribution >= 4 is 11.9 Å². The van der Waals surface area contributed by atoms with E-state index < -0.39 is 0 Å². The third-order valence-electron chi connectivity index (χ3n) is 4.98. The van der Waals surface area contributed by atoms with Crippen LogP contribution in [0.5, 0.6) is 0 Å². The van der Waals surface area contributed by atoms with Crippen LogP contribution in [0.25, 0.3) is 0 Å². The van der Waals surface area contributed by atoms with Crippen LogP contribution < -0.4 is 10.6 Å². The molecular formula is C17H32N4O2. The first kappa shape index (κ1) is 18.0. The molecule has 0 bridgehead atoms. The van der Waals surface area contributed by atoms with Crippen LogP contribution in [-0.4, -0.2) is 67.0 Å². The van der Waals surface area contributed by atoms with Crippen molar-refractivity contribution in [2.45, 2.75) is 64.6 Å². The summed E-state index contributed by atoms with van der Waals surface area (Å²) in [4.78, 5) is 28.8. The fourth-order valence-corrected chi connectivity index (χ4v) is 3.22. The van der Waals surface area contributed by atoms with Crippen LogP contribution in [0.4, 0.5) is 4.79 Å². The lowest BCUT2D eigenvalue weighted by Crippen LogP contribution is -2.55. The third-order valence-corrected chi connectivity index (χ3v) is 4.98. The van der Waals surface area contributed by atoms with Crippen molar-refractivity contribution in [2.75, 3.05) is 27.2 Å². The number of hydrogen-bond acceptors (Lipinski definition) is 3. The van der Waals surface area contributed by atoms with E-state index in [0.717, 1.165) is 32.2 Å². The lowest BCUT2D eigenvalue weighted by atomic mass is 9.85. The predicted molar refractivity (Wildman–Crippen MR) is 91.2 cm³/mol. The summed E-state index contributed by atoms with van der Waals surface area (Å²) >= 11 is 0. The lowest BCUT2D eigenvalue weighted by molar-refractivity contribution is -0.124. The van der Waals surface area contributed by atoms with Crippen molar-refractivity contribution in [1.29, 1.82) is 0 Å². The van der Waals surface area contributed by atoms with Crippen molar-refractivity contribution in [2.24, 2.45) is 5.41 Å². The summed E-state index contributed by atoms with van der Waals surface area (Å²) in [7, 11) is 4.07. The highest BCUT2D eigenvalue weighted by Gasteiger charge is 2.38. The Labute approximate surface area is 140 Å². The third kappa shape index (κ3) is 4.83. The van der Waals surface area contributed by atoms with Gasteiger partial charge >= 0.3 is 6.03 Å². The minimum atomic E-state index is -0.306. The predicted octanol–water partition coefficient (Wildman–Crippen LogP) is 1.42. The SMILES string of the molecule is C[C@H](NC(=O)N1CCC[C@H]1C(=O)NC1CC1)C(C)(C)CN(C)C. The van der Waals surface area contributed by atoms with E-state index in [-0.39, 0.29) is 29.4 Å². The number of likely N-dealkylation sites (tertiary alicyclic amines) is 1. The molecule has 3 amide bonds. The normalized spacial score (nSPS) is 23.0. The summed E-state index contributed by atoms with van der Waals surface area (Å²) in [5, 5.41) is 6.12. The molecule has 132 valence electrons. The molecule has 0 aromatic heterocycles. The summed E-state index contributed by atoms with van der Waals surface area (Å²) in [6.07, 6.45) is 3.80. The number of hydrogen-bond donors (Lipinski definition) is 2. The summed E-state index contributed by atoms with van der Waals surface area (Å²) in [6, 6.07) is -0.0476. The van der Waals surface area contributed by atoms with E-state index in [1.165, 1.54) is 0 Å². The second-order valence-corrected chi connectivity index (χ2v) is 8.03. The van der Waals surface area contributed by atoms with Gasteiger partial charge in [0.15, 0.2) is 0 Å². The Bertz CT molecular complexity index is 446. The maximum atomic E-state index is 12.6. The molecular weight excluding hydrogens is 292 g/mol. The number of urea groups is 1. The van der Waals surface area contributed by atoms with E-state index in [9.17, 15) is 9.59 Å². The Hall–Kier alpha value is -1.30. The van der Waals surface area contributed by atoms with Gasteiger partial charge in [0.25, 0.3) is 0 Å². The van der Waals surface area contributed by atoms with Crippen molar-refractivity contribution in [3.05, 3.63) is 0 Å². The minimum Gasteiger partial charge on any atom is -0.352 e. The van der Waals surface area contributed by atoms with E-state index >= 15 is 0 Å². The molecule has 1 aliphatic carbocycles. The van der Waals surface area contributed by atoms with Crippen LogP contribution in [0.2, 0.25) is 0 Å². The molecule has 0 aromatic rings. The maximum absolute atomic E-state index is 12.6. The topological polar surface area (TPSA) is 64.7 Å². The van der Waals surface area contributed by atoms with Gasteiger partial charge in [-0.2, -0.15) is 0 Å². The number of nitrogens with zero attached hydrogens (tertiary/aromatic N) is 2. The first-order valence-corrected chi connectivity index (χ1v) is 8.73. The zero-order valence-corrected chi connectivity index (χ0v) is 15.2. The second-order valence-electron chi connectivity index (χ2n) is 8.03. The average Bonchev–Trinajstić information content (AvgIpc) is 3.09. The van der Waals surface area contributed by atoms with Gasteiger partial charge in [-0.15, -0.1) is 0 Å². The molecule has 6 nitrogen and oxygen atoms in total. The summed E-state index contributed by atoms with van der Waals surface area (Å²) in [5.41, 5.74) is -0.0371. The highest BCUT2D eigenvalue weighted by atomic mass is 16.2.